The summed E-state index contributed by atoms with van der Waals surface area (Å²) in [5.41, 5.74) is 7.13. The van der Waals surface area contributed by atoms with E-state index in [9.17, 15) is 18.0 Å². The molecular formula is C20H21N5O4S. The molecule has 2 aromatic heterocycles. The number of rotatable bonds is 4. The second kappa shape index (κ2) is 7.21. The van der Waals surface area contributed by atoms with E-state index in [1.807, 2.05) is 13.8 Å². The van der Waals surface area contributed by atoms with Gasteiger partial charge in [0.2, 0.25) is 0 Å². The van der Waals surface area contributed by atoms with E-state index in [4.69, 9.17) is 5.73 Å². The maximum absolute atomic E-state index is 13.1. The average molecular weight is 427 g/mol. The van der Waals surface area contributed by atoms with Gasteiger partial charge in [-0.25, -0.2) is 17.9 Å². The highest BCUT2D eigenvalue weighted by atomic mass is 32.2. The van der Waals surface area contributed by atoms with Gasteiger partial charge < -0.3 is 11.1 Å². The predicted molar refractivity (Wildman–Crippen MR) is 109 cm³/mol. The first-order valence-corrected chi connectivity index (χ1v) is 11.2. The van der Waals surface area contributed by atoms with Crippen molar-refractivity contribution >= 4 is 27.3 Å². The molecule has 3 N–H and O–H groups in total. The SMILES string of the molecule is CC(C)c1nn2c(C(=O)NC3CCS(=O)(=O)c4ccccc43)ccnc2c1C(N)=O. The Morgan fingerprint density at radius 3 is 2.67 bits per heavy atom. The molecule has 0 spiro atoms. The van der Waals surface area contributed by atoms with Crippen LogP contribution in [0, 0.1) is 0 Å². The molecule has 9 nitrogen and oxygen atoms in total. The number of carbonyl (C=O) groups excluding carboxylic acids is 2. The second-order valence-electron chi connectivity index (χ2n) is 7.52. The summed E-state index contributed by atoms with van der Waals surface area (Å²) in [6.45, 7) is 3.74. The number of aromatic nitrogens is 3. The summed E-state index contributed by atoms with van der Waals surface area (Å²) < 4.78 is 26.0. The Balaban J connectivity index is 1.75. The van der Waals surface area contributed by atoms with Gasteiger partial charge in [0.25, 0.3) is 11.8 Å². The summed E-state index contributed by atoms with van der Waals surface area (Å²) in [6.07, 6.45) is 1.68. The van der Waals surface area contributed by atoms with Crippen LogP contribution in [-0.4, -0.2) is 40.6 Å². The summed E-state index contributed by atoms with van der Waals surface area (Å²) in [7, 11) is -3.36. The predicted octanol–water partition coefficient (Wildman–Crippen LogP) is 1.60. The van der Waals surface area contributed by atoms with Crippen LogP contribution in [0.2, 0.25) is 0 Å². The molecule has 1 unspecified atom stereocenters. The third kappa shape index (κ3) is 3.22. The molecule has 1 aliphatic rings. The number of primary amides is 1. The average Bonchev–Trinajstić information content (AvgIpc) is 3.10. The van der Waals surface area contributed by atoms with Gasteiger partial charge in [-0.05, 0) is 30.0 Å². The van der Waals surface area contributed by atoms with Gasteiger partial charge in [-0.2, -0.15) is 5.10 Å². The van der Waals surface area contributed by atoms with Crippen molar-refractivity contribution in [2.45, 2.75) is 37.1 Å². The maximum Gasteiger partial charge on any atom is 0.270 e. The smallest absolute Gasteiger partial charge is 0.270 e. The lowest BCUT2D eigenvalue weighted by Gasteiger charge is -2.26. The maximum atomic E-state index is 13.1. The van der Waals surface area contributed by atoms with Crippen LogP contribution in [0.25, 0.3) is 5.65 Å². The van der Waals surface area contributed by atoms with E-state index in [2.05, 4.69) is 15.4 Å². The number of sulfone groups is 1. The molecule has 1 atom stereocenters. The largest absolute Gasteiger partial charge is 0.365 e. The zero-order chi connectivity index (χ0) is 21.6. The number of benzene rings is 1. The van der Waals surface area contributed by atoms with Crippen LogP contribution in [0.3, 0.4) is 0 Å². The molecule has 0 bridgehead atoms. The second-order valence-corrected chi connectivity index (χ2v) is 9.59. The molecule has 10 heteroatoms. The fourth-order valence-electron chi connectivity index (χ4n) is 3.75. The number of hydrogen-bond donors (Lipinski definition) is 2. The van der Waals surface area contributed by atoms with Gasteiger partial charge in [0, 0.05) is 6.20 Å². The molecule has 0 saturated carbocycles. The minimum absolute atomic E-state index is 0.0498. The Morgan fingerprint density at radius 1 is 1.23 bits per heavy atom. The minimum Gasteiger partial charge on any atom is -0.365 e. The lowest BCUT2D eigenvalue weighted by Crippen LogP contribution is -2.34. The quantitative estimate of drug-likeness (QED) is 0.649. The van der Waals surface area contributed by atoms with Gasteiger partial charge in [0.05, 0.1) is 22.4 Å². The Kier molecular flexibility index (Phi) is 4.81. The van der Waals surface area contributed by atoms with Crippen molar-refractivity contribution in [2.75, 3.05) is 5.75 Å². The third-order valence-corrected chi connectivity index (χ3v) is 7.00. The first-order valence-electron chi connectivity index (χ1n) is 9.50. The summed E-state index contributed by atoms with van der Waals surface area (Å²) in [6, 6.07) is 7.69. The van der Waals surface area contributed by atoms with Gasteiger partial charge in [-0.1, -0.05) is 32.0 Å². The van der Waals surface area contributed by atoms with E-state index in [0.29, 0.717) is 11.3 Å². The summed E-state index contributed by atoms with van der Waals surface area (Å²) in [5.74, 6) is -1.26. The lowest BCUT2D eigenvalue weighted by atomic mass is 10.0. The highest BCUT2D eigenvalue weighted by molar-refractivity contribution is 7.91. The van der Waals surface area contributed by atoms with Crippen LogP contribution in [0.1, 0.15) is 64.3 Å². The van der Waals surface area contributed by atoms with Crippen molar-refractivity contribution in [2.24, 2.45) is 5.73 Å². The molecule has 0 radical (unpaired) electrons. The van der Waals surface area contributed by atoms with Gasteiger partial charge >= 0.3 is 0 Å². The van der Waals surface area contributed by atoms with Crippen LogP contribution in [0.5, 0.6) is 0 Å². The normalized spacial score (nSPS) is 17.6. The van der Waals surface area contributed by atoms with E-state index < -0.39 is 27.7 Å². The highest BCUT2D eigenvalue weighted by Gasteiger charge is 2.32. The molecule has 156 valence electrons. The van der Waals surface area contributed by atoms with Crippen molar-refractivity contribution in [3.8, 4) is 0 Å². The van der Waals surface area contributed by atoms with Gasteiger partial charge in [-0.3, -0.25) is 9.59 Å². The number of nitrogens with zero attached hydrogens (tertiary/aromatic N) is 3. The first-order chi connectivity index (χ1) is 14.2. The van der Waals surface area contributed by atoms with Crippen molar-refractivity contribution in [3.05, 3.63) is 59.0 Å². The Morgan fingerprint density at radius 2 is 1.97 bits per heavy atom. The zero-order valence-electron chi connectivity index (χ0n) is 16.5. The third-order valence-electron chi connectivity index (χ3n) is 5.18. The molecular weight excluding hydrogens is 406 g/mol. The first kappa shape index (κ1) is 20.0. The standard InChI is InChI=1S/C20H21N5O4S/c1-11(2)17-16(18(21)26)19-22-9-7-14(25(19)24-17)20(27)23-13-8-10-30(28,29)15-6-4-3-5-12(13)15/h3-7,9,11,13H,8,10H2,1-2H3,(H2,21,26)(H,23,27). The van der Waals surface area contributed by atoms with Crippen molar-refractivity contribution in [3.63, 3.8) is 0 Å². The summed E-state index contributed by atoms with van der Waals surface area (Å²) in [4.78, 5) is 29.5. The van der Waals surface area contributed by atoms with Gasteiger partial charge in [-0.15, -0.1) is 0 Å². The Hall–Kier alpha value is -3.27. The number of hydrogen-bond acceptors (Lipinski definition) is 6. The molecule has 0 saturated heterocycles. The van der Waals surface area contributed by atoms with Crippen LogP contribution >= 0.6 is 0 Å². The fraction of sp³-hybridized carbons (Fsp3) is 0.300. The van der Waals surface area contributed by atoms with E-state index in [1.165, 1.54) is 16.8 Å². The van der Waals surface area contributed by atoms with Crippen molar-refractivity contribution in [1.29, 1.82) is 0 Å². The minimum atomic E-state index is -3.36. The molecule has 3 aromatic rings. The number of amides is 2. The van der Waals surface area contributed by atoms with E-state index in [0.717, 1.165) is 0 Å². The Labute approximate surface area is 173 Å². The molecule has 1 aromatic carbocycles. The molecule has 1 aliphatic heterocycles. The zero-order valence-corrected chi connectivity index (χ0v) is 17.3. The van der Waals surface area contributed by atoms with Crippen LogP contribution in [-0.2, 0) is 9.84 Å². The van der Waals surface area contributed by atoms with Crippen molar-refractivity contribution in [1.82, 2.24) is 19.9 Å². The van der Waals surface area contributed by atoms with Crippen LogP contribution in [0.4, 0.5) is 0 Å². The molecule has 3 heterocycles. The molecule has 0 fully saturated rings. The van der Waals surface area contributed by atoms with Gasteiger partial charge in [0.1, 0.15) is 11.3 Å². The molecule has 0 aliphatic carbocycles. The molecule has 2 amide bonds. The topological polar surface area (TPSA) is 137 Å². The number of carbonyl (C=O) groups is 2. The van der Waals surface area contributed by atoms with E-state index in [1.54, 1.807) is 24.3 Å². The number of nitrogens with one attached hydrogen (secondary N) is 1. The summed E-state index contributed by atoms with van der Waals surface area (Å²) in [5, 5.41) is 7.31. The highest BCUT2D eigenvalue weighted by Crippen LogP contribution is 2.32. The van der Waals surface area contributed by atoms with E-state index in [-0.39, 0.29) is 39.9 Å². The van der Waals surface area contributed by atoms with Crippen LogP contribution < -0.4 is 11.1 Å². The Bertz CT molecular complexity index is 1280. The number of fused-ring (bicyclic) bond motifs is 2. The number of nitrogens with two attached hydrogens (primary N) is 1. The van der Waals surface area contributed by atoms with Gasteiger partial charge in [0.15, 0.2) is 15.5 Å². The van der Waals surface area contributed by atoms with E-state index >= 15 is 0 Å². The fourth-order valence-corrected chi connectivity index (χ4v) is 5.37. The molecule has 30 heavy (non-hydrogen) atoms. The van der Waals surface area contributed by atoms with Crippen molar-refractivity contribution < 1.29 is 18.0 Å². The summed E-state index contributed by atoms with van der Waals surface area (Å²) >= 11 is 0. The lowest BCUT2D eigenvalue weighted by molar-refractivity contribution is 0.0925. The monoisotopic (exact) mass is 427 g/mol. The molecule has 4 rings (SSSR count). The van der Waals surface area contributed by atoms with Crippen LogP contribution in [0.15, 0.2) is 41.4 Å².